The first-order valence-corrected chi connectivity index (χ1v) is 17.6. The van der Waals surface area contributed by atoms with Crippen LogP contribution in [-0.2, 0) is 0 Å². The molecule has 0 unspecified atom stereocenters. The van der Waals surface area contributed by atoms with Crippen LogP contribution < -0.4 is 5.73 Å². The summed E-state index contributed by atoms with van der Waals surface area (Å²) in [4.78, 5) is 0. The molecule has 0 bridgehead atoms. The molecule has 0 aromatic rings. The molecule has 0 amide bonds. The molecule has 170 valence electrons. The smallest absolute Gasteiger partial charge is 0.330 e. The highest BCUT2D eigenvalue weighted by Gasteiger charge is 2.23. The van der Waals surface area contributed by atoms with Crippen LogP contribution in [0.2, 0.25) is 6.04 Å². The lowest BCUT2D eigenvalue weighted by molar-refractivity contribution is 0.520. The zero-order chi connectivity index (χ0) is 20.8. The SMILES string of the molecule is NCCCCCCCCCCCCCCCCCCCCCCC[Si](Cl)(Cl)Cl. The molecule has 0 saturated carbocycles. The minimum atomic E-state index is -2.36. The van der Waals surface area contributed by atoms with Gasteiger partial charge in [0, 0.05) is 0 Å². The van der Waals surface area contributed by atoms with Crippen LogP contribution in [0.1, 0.15) is 135 Å². The number of rotatable bonds is 23. The summed E-state index contributed by atoms with van der Waals surface area (Å²) < 4.78 is 0. The van der Waals surface area contributed by atoms with Gasteiger partial charge in [-0.1, -0.05) is 128 Å². The van der Waals surface area contributed by atoms with Crippen LogP contribution in [0.15, 0.2) is 0 Å². The van der Waals surface area contributed by atoms with Crippen molar-refractivity contribution in [2.45, 2.75) is 141 Å². The predicted molar refractivity (Wildman–Crippen MR) is 134 cm³/mol. The van der Waals surface area contributed by atoms with Crippen molar-refractivity contribution in [3.63, 3.8) is 0 Å². The number of nitrogens with two attached hydrogens (primary N) is 1. The third-order valence-corrected chi connectivity index (χ3v) is 8.29. The van der Waals surface area contributed by atoms with Gasteiger partial charge in [-0.3, -0.25) is 0 Å². The summed E-state index contributed by atoms with van der Waals surface area (Å²) in [5.74, 6) is 0. The normalized spacial score (nSPS) is 12.0. The molecular weight excluding hydrogens is 425 g/mol. The maximum absolute atomic E-state index is 5.89. The largest absolute Gasteiger partial charge is 0.341 e. The quantitative estimate of drug-likeness (QED) is 0.0893. The molecule has 0 heterocycles. The molecule has 0 aliphatic carbocycles. The summed E-state index contributed by atoms with van der Waals surface area (Å²) in [6.45, 7) is 0.864. The lowest BCUT2D eigenvalue weighted by Gasteiger charge is -2.07. The third-order valence-electron chi connectivity index (χ3n) is 5.66. The van der Waals surface area contributed by atoms with Gasteiger partial charge in [0.25, 0.3) is 0 Å². The van der Waals surface area contributed by atoms with Gasteiger partial charge < -0.3 is 5.73 Å². The first-order chi connectivity index (χ1) is 13.6. The van der Waals surface area contributed by atoms with E-state index < -0.39 is 6.00 Å². The van der Waals surface area contributed by atoms with Crippen LogP contribution in [0.4, 0.5) is 0 Å². The van der Waals surface area contributed by atoms with E-state index in [9.17, 15) is 0 Å². The summed E-state index contributed by atoms with van der Waals surface area (Å²) >= 11 is 17.7. The van der Waals surface area contributed by atoms with Gasteiger partial charge in [0.15, 0.2) is 0 Å². The van der Waals surface area contributed by atoms with Crippen molar-refractivity contribution >= 4 is 39.2 Å². The van der Waals surface area contributed by atoms with E-state index >= 15 is 0 Å². The molecule has 0 aromatic carbocycles. The number of hydrogen-bond donors (Lipinski definition) is 1. The van der Waals surface area contributed by atoms with E-state index in [1.165, 1.54) is 128 Å². The fraction of sp³-hybridized carbons (Fsp3) is 1.00. The summed E-state index contributed by atoms with van der Waals surface area (Å²) in [6, 6.07) is -1.53. The van der Waals surface area contributed by atoms with Crippen LogP contribution in [0.3, 0.4) is 0 Å². The molecule has 2 N–H and O–H groups in total. The van der Waals surface area contributed by atoms with E-state index in [1.54, 1.807) is 0 Å². The zero-order valence-electron chi connectivity index (χ0n) is 18.5. The van der Waals surface area contributed by atoms with Gasteiger partial charge in [0.05, 0.1) is 0 Å². The van der Waals surface area contributed by atoms with Crippen molar-refractivity contribution in [2.75, 3.05) is 6.54 Å². The van der Waals surface area contributed by atoms with Crippen molar-refractivity contribution < 1.29 is 0 Å². The van der Waals surface area contributed by atoms with E-state index in [0.29, 0.717) is 0 Å². The molecule has 0 fully saturated rings. The number of hydrogen-bond acceptors (Lipinski definition) is 1. The molecule has 0 aromatic heterocycles. The first kappa shape index (κ1) is 29.0. The van der Waals surface area contributed by atoms with Gasteiger partial charge in [-0.2, -0.15) is 0 Å². The molecule has 0 atom stereocenters. The highest BCUT2D eigenvalue weighted by Crippen LogP contribution is 2.27. The Morgan fingerprint density at radius 1 is 0.357 bits per heavy atom. The molecule has 0 spiro atoms. The Hall–Kier alpha value is 1.05. The van der Waals surface area contributed by atoms with E-state index in [0.717, 1.165) is 19.0 Å². The Bertz CT molecular complexity index is 298. The van der Waals surface area contributed by atoms with Crippen molar-refractivity contribution in [1.29, 1.82) is 0 Å². The molecule has 0 aliphatic heterocycles. The van der Waals surface area contributed by atoms with E-state index in [1.807, 2.05) is 0 Å². The number of halogens is 3. The molecule has 0 aliphatic rings. The van der Waals surface area contributed by atoms with Crippen LogP contribution in [0.25, 0.3) is 0 Å². The average molecular weight is 473 g/mol. The Kier molecular flexibility index (Phi) is 23.6. The van der Waals surface area contributed by atoms with Crippen molar-refractivity contribution in [3.05, 3.63) is 0 Å². The summed E-state index contributed by atoms with van der Waals surface area (Å²) in [7, 11) is 0. The second-order valence-corrected chi connectivity index (χ2v) is 17.9. The van der Waals surface area contributed by atoms with Gasteiger partial charge >= 0.3 is 6.00 Å². The van der Waals surface area contributed by atoms with Gasteiger partial charge in [-0.25, -0.2) is 0 Å². The van der Waals surface area contributed by atoms with E-state index in [4.69, 9.17) is 39.0 Å². The molecule has 5 heteroatoms. The first-order valence-electron chi connectivity index (χ1n) is 12.3. The van der Waals surface area contributed by atoms with E-state index in [-0.39, 0.29) is 0 Å². The monoisotopic (exact) mass is 471 g/mol. The average Bonchev–Trinajstić information content (AvgIpc) is 2.65. The standard InChI is InChI=1S/C23H48Cl3NSi/c24-28(25,26)23-21-19-17-15-13-11-9-7-5-3-1-2-4-6-8-10-12-14-16-18-20-22-27/h1-23,27H2. The lowest BCUT2D eigenvalue weighted by atomic mass is 10.0. The van der Waals surface area contributed by atoms with Crippen molar-refractivity contribution in [1.82, 2.24) is 0 Å². The molecular formula is C23H48Cl3NSi. The van der Waals surface area contributed by atoms with Gasteiger partial charge in [-0.15, -0.1) is 33.2 Å². The highest BCUT2D eigenvalue weighted by molar-refractivity contribution is 7.64. The van der Waals surface area contributed by atoms with Crippen molar-refractivity contribution in [3.8, 4) is 0 Å². The predicted octanol–water partition coefficient (Wildman–Crippen LogP) is 9.79. The maximum Gasteiger partial charge on any atom is 0.341 e. The van der Waals surface area contributed by atoms with Gasteiger partial charge in [0.2, 0.25) is 0 Å². The zero-order valence-corrected chi connectivity index (χ0v) is 21.7. The van der Waals surface area contributed by atoms with Crippen LogP contribution in [-0.4, -0.2) is 12.5 Å². The Balaban J connectivity index is 3.01. The summed E-state index contributed by atoms with van der Waals surface area (Å²) in [5, 5.41) is 0. The minimum absolute atomic E-state index is 0.827. The van der Waals surface area contributed by atoms with Crippen LogP contribution in [0.5, 0.6) is 0 Å². The van der Waals surface area contributed by atoms with Crippen LogP contribution >= 0.6 is 33.2 Å². The second-order valence-electron chi connectivity index (χ2n) is 8.58. The Labute approximate surface area is 192 Å². The van der Waals surface area contributed by atoms with Gasteiger partial charge in [0.1, 0.15) is 0 Å². The number of unbranched alkanes of at least 4 members (excludes halogenated alkanes) is 20. The molecule has 0 radical (unpaired) electrons. The molecule has 28 heavy (non-hydrogen) atoms. The van der Waals surface area contributed by atoms with Crippen LogP contribution in [0, 0.1) is 0 Å². The second kappa shape index (κ2) is 22.7. The third kappa shape index (κ3) is 27.0. The van der Waals surface area contributed by atoms with E-state index in [2.05, 4.69) is 0 Å². The Morgan fingerprint density at radius 2 is 0.571 bits per heavy atom. The van der Waals surface area contributed by atoms with Gasteiger partial charge in [-0.05, 0) is 19.0 Å². The Morgan fingerprint density at radius 3 is 0.786 bits per heavy atom. The topological polar surface area (TPSA) is 26.0 Å². The fourth-order valence-corrected chi connectivity index (χ4v) is 5.68. The maximum atomic E-state index is 5.89. The molecule has 1 nitrogen and oxygen atoms in total. The lowest BCUT2D eigenvalue weighted by Crippen LogP contribution is -2.07. The minimum Gasteiger partial charge on any atom is -0.330 e. The fourth-order valence-electron chi connectivity index (χ4n) is 3.83. The molecule has 0 saturated heterocycles. The highest BCUT2D eigenvalue weighted by atomic mass is 35.8. The summed E-state index contributed by atoms with van der Waals surface area (Å²) in [5.41, 5.74) is 5.52. The summed E-state index contributed by atoms with van der Waals surface area (Å²) in [6.07, 6.45) is 29.0. The molecule has 0 rings (SSSR count). The van der Waals surface area contributed by atoms with Crippen molar-refractivity contribution in [2.24, 2.45) is 5.73 Å².